The zero-order valence-corrected chi connectivity index (χ0v) is 13.9. The molecule has 1 aromatic heterocycles. The van der Waals surface area contributed by atoms with Gasteiger partial charge in [-0.25, -0.2) is 17.9 Å². The largest absolute Gasteiger partial charge is 0.475 e. The standard InChI is InChI=1S/C11H14BrNO5S2/c1-19-11(3-2-4-11)6-13-20(16,17)8-5-7(10(14)15)18-9(8)12/h5,13H,2-4,6H2,1H3,(H,14,15). The van der Waals surface area contributed by atoms with Crippen LogP contribution < -0.4 is 4.72 Å². The van der Waals surface area contributed by atoms with Crippen molar-refractivity contribution in [3.63, 3.8) is 0 Å². The average molecular weight is 384 g/mol. The predicted octanol–water partition coefficient (Wildman–Crippen LogP) is 2.30. The van der Waals surface area contributed by atoms with Crippen molar-refractivity contribution in [1.29, 1.82) is 0 Å². The lowest BCUT2D eigenvalue weighted by Gasteiger charge is -2.40. The molecule has 6 nitrogen and oxygen atoms in total. The Morgan fingerprint density at radius 2 is 2.25 bits per heavy atom. The van der Waals surface area contributed by atoms with Crippen LogP contribution in [-0.2, 0) is 10.0 Å². The molecule has 1 aliphatic rings. The Kier molecular flexibility index (Phi) is 4.53. The van der Waals surface area contributed by atoms with Gasteiger partial charge in [-0.15, -0.1) is 0 Å². The van der Waals surface area contributed by atoms with Gasteiger partial charge >= 0.3 is 5.97 Å². The van der Waals surface area contributed by atoms with Crippen molar-refractivity contribution in [1.82, 2.24) is 4.72 Å². The van der Waals surface area contributed by atoms with Crippen molar-refractivity contribution < 1.29 is 22.7 Å². The van der Waals surface area contributed by atoms with Gasteiger partial charge in [0.25, 0.3) is 0 Å². The highest BCUT2D eigenvalue weighted by atomic mass is 79.9. The number of rotatable bonds is 6. The Morgan fingerprint density at radius 3 is 2.65 bits per heavy atom. The van der Waals surface area contributed by atoms with Crippen molar-refractivity contribution in [2.45, 2.75) is 28.9 Å². The lowest BCUT2D eigenvalue weighted by atomic mass is 9.84. The molecule has 0 amide bonds. The number of carboxylic acids is 1. The van der Waals surface area contributed by atoms with Gasteiger partial charge in [-0.2, -0.15) is 11.8 Å². The topological polar surface area (TPSA) is 96.6 Å². The summed E-state index contributed by atoms with van der Waals surface area (Å²) in [5, 5.41) is 8.80. The van der Waals surface area contributed by atoms with Gasteiger partial charge in [-0.05, 0) is 35.0 Å². The number of nitrogens with one attached hydrogen (secondary N) is 1. The molecule has 0 unspecified atom stereocenters. The summed E-state index contributed by atoms with van der Waals surface area (Å²) >= 11 is 4.59. The molecule has 9 heteroatoms. The van der Waals surface area contributed by atoms with E-state index < -0.39 is 21.8 Å². The third kappa shape index (κ3) is 3.05. The van der Waals surface area contributed by atoms with Gasteiger partial charge in [-0.3, -0.25) is 0 Å². The van der Waals surface area contributed by atoms with Crippen LogP contribution in [-0.4, -0.2) is 37.0 Å². The van der Waals surface area contributed by atoms with Gasteiger partial charge in [0.2, 0.25) is 15.8 Å². The SMILES string of the molecule is CSC1(CNS(=O)(=O)c2cc(C(=O)O)oc2Br)CCC1. The van der Waals surface area contributed by atoms with E-state index in [0.29, 0.717) is 6.54 Å². The maximum absolute atomic E-state index is 12.2. The first-order chi connectivity index (χ1) is 9.30. The van der Waals surface area contributed by atoms with Crippen LogP contribution >= 0.6 is 27.7 Å². The van der Waals surface area contributed by atoms with Crippen LogP contribution in [0.3, 0.4) is 0 Å². The second-order valence-electron chi connectivity index (χ2n) is 4.62. The number of sulfonamides is 1. The van der Waals surface area contributed by atoms with Gasteiger partial charge in [-0.1, -0.05) is 6.42 Å². The molecule has 0 aliphatic heterocycles. The lowest BCUT2D eigenvalue weighted by Crippen LogP contribution is -2.45. The molecule has 1 saturated carbocycles. The van der Waals surface area contributed by atoms with Crippen LogP contribution in [0.4, 0.5) is 0 Å². The van der Waals surface area contributed by atoms with Crippen molar-refractivity contribution in [3.8, 4) is 0 Å². The fourth-order valence-electron chi connectivity index (χ4n) is 1.97. The van der Waals surface area contributed by atoms with E-state index in [1.165, 1.54) is 0 Å². The van der Waals surface area contributed by atoms with Crippen LogP contribution in [0.5, 0.6) is 0 Å². The summed E-state index contributed by atoms with van der Waals surface area (Å²) in [5.41, 5.74) is 0. The molecule has 2 N–H and O–H groups in total. The lowest BCUT2D eigenvalue weighted by molar-refractivity contribution is 0.0661. The number of aromatic carboxylic acids is 1. The summed E-state index contributed by atoms with van der Waals surface area (Å²) in [4.78, 5) is 10.6. The molecule has 0 spiro atoms. The van der Waals surface area contributed by atoms with E-state index in [1.54, 1.807) is 11.8 Å². The molecule has 0 radical (unpaired) electrons. The van der Waals surface area contributed by atoms with Gasteiger partial charge in [0.1, 0.15) is 4.90 Å². The number of hydrogen-bond acceptors (Lipinski definition) is 5. The molecule has 0 atom stereocenters. The van der Waals surface area contributed by atoms with E-state index in [2.05, 4.69) is 20.7 Å². The highest BCUT2D eigenvalue weighted by Gasteiger charge is 2.37. The fraction of sp³-hybridized carbons (Fsp3) is 0.545. The maximum atomic E-state index is 12.2. The van der Waals surface area contributed by atoms with E-state index in [1.807, 2.05) is 6.26 Å². The zero-order chi connectivity index (χ0) is 15.0. The Morgan fingerprint density at radius 1 is 1.60 bits per heavy atom. The molecule has 20 heavy (non-hydrogen) atoms. The Bertz CT molecular complexity index is 615. The van der Waals surface area contributed by atoms with Crippen molar-refractivity contribution in [2.75, 3.05) is 12.8 Å². The van der Waals surface area contributed by atoms with Crippen molar-refractivity contribution in [3.05, 3.63) is 16.5 Å². The minimum absolute atomic E-state index is 0.0427. The Balaban J connectivity index is 2.16. The predicted molar refractivity (Wildman–Crippen MR) is 78.7 cm³/mol. The normalized spacial score (nSPS) is 17.7. The first-order valence-electron chi connectivity index (χ1n) is 5.87. The smallest absolute Gasteiger partial charge is 0.371 e. The molecule has 2 rings (SSSR count). The van der Waals surface area contributed by atoms with E-state index in [0.717, 1.165) is 25.3 Å². The number of carboxylic acid groups (broad SMARTS) is 1. The molecule has 1 heterocycles. The molecule has 0 saturated heterocycles. The third-order valence-electron chi connectivity index (χ3n) is 3.44. The van der Waals surface area contributed by atoms with Crippen molar-refractivity contribution in [2.24, 2.45) is 0 Å². The monoisotopic (exact) mass is 383 g/mol. The number of halogens is 1. The summed E-state index contributed by atoms with van der Waals surface area (Å²) in [6, 6.07) is 1.00. The minimum atomic E-state index is -3.79. The molecular formula is C11H14BrNO5S2. The quantitative estimate of drug-likeness (QED) is 0.781. The van der Waals surface area contributed by atoms with E-state index in [-0.39, 0.29) is 14.3 Å². The highest BCUT2D eigenvalue weighted by molar-refractivity contribution is 9.10. The summed E-state index contributed by atoms with van der Waals surface area (Å²) in [5.74, 6) is -1.73. The first-order valence-corrected chi connectivity index (χ1v) is 9.37. The minimum Gasteiger partial charge on any atom is -0.475 e. The van der Waals surface area contributed by atoms with Crippen LogP contribution in [0.15, 0.2) is 20.0 Å². The maximum Gasteiger partial charge on any atom is 0.371 e. The molecule has 1 aliphatic carbocycles. The second kappa shape index (κ2) is 5.70. The molecule has 0 aromatic carbocycles. The van der Waals surface area contributed by atoms with Crippen LogP contribution in [0.1, 0.15) is 29.8 Å². The number of carbonyl (C=O) groups is 1. The van der Waals surface area contributed by atoms with Gasteiger partial charge < -0.3 is 9.52 Å². The van der Waals surface area contributed by atoms with Crippen LogP contribution in [0.25, 0.3) is 0 Å². The second-order valence-corrected chi connectivity index (χ2v) is 8.35. The third-order valence-corrected chi connectivity index (χ3v) is 7.11. The number of thioether (sulfide) groups is 1. The van der Waals surface area contributed by atoms with Crippen LogP contribution in [0.2, 0.25) is 0 Å². The number of furan rings is 1. The van der Waals surface area contributed by atoms with Crippen molar-refractivity contribution >= 4 is 43.7 Å². The average Bonchev–Trinajstić information content (AvgIpc) is 2.71. The zero-order valence-electron chi connectivity index (χ0n) is 10.7. The summed E-state index contributed by atoms with van der Waals surface area (Å²) in [7, 11) is -3.79. The summed E-state index contributed by atoms with van der Waals surface area (Å²) in [6.45, 7) is 0.330. The van der Waals surface area contributed by atoms with E-state index >= 15 is 0 Å². The summed E-state index contributed by atoms with van der Waals surface area (Å²) < 4.78 is 31.6. The molecule has 1 aromatic rings. The number of hydrogen-bond donors (Lipinski definition) is 2. The van der Waals surface area contributed by atoms with Gasteiger partial charge in [0.15, 0.2) is 4.67 Å². The molecular weight excluding hydrogens is 370 g/mol. The van der Waals surface area contributed by atoms with E-state index in [4.69, 9.17) is 9.52 Å². The van der Waals surface area contributed by atoms with Gasteiger partial charge in [0.05, 0.1) is 0 Å². The highest BCUT2D eigenvalue weighted by Crippen LogP contribution is 2.42. The first kappa shape index (κ1) is 15.9. The molecule has 0 bridgehead atoms. The molecule has 1 fully saturated rings. The van der Waals surface area contributed by atoms with Crippen LogP contribution in [0, 0.1) is 0 Å². The van der Waals surface area contributed by atoms with E-state index in [9.17, 15) is 13.2 Å². The summed E-state index contributed by atoms with van der Waals surface area (Å²) in [6.07, 6.45) is 5.01. The molecule has 112 valence electrons. The van der Waals surface area contributed by atoms with Gasteiger partial charge in [0, 0.05) is 17.4 Å². The fourth-order valence-corrected chi connectivity index (χ4v) is 5.04. The Labute approximate surface area is 129 Å². The Hall–Kier alpha value is -0.510.